The number of hydrogen-bond acceptors (Lipinski definition) is 6. The second-order valence-corrected chi connectivity index (χ2v) is 8.66. The van der Waals surface area contributed by atoms with Gasteiger partial charge < -0.3 is 29.7 Å². The molecule has 35 heavy (non-hydrogen) atoms. The van der Waals surface area contributed by atoms with Crippen molar-refractivity contribution in [2.24, 2.45) is 0 Å². The number of amides is 1. The summed E-state index contributed by atoms with van der Waals surface area (Å²) in [6.07, 6.45) is 4.54. The second kappa shape index (κ2) is 10.6. The van der Waals surface area contributed by atoms with Crippen molar-refractivity contribution in [1.82, 2.24) is 14.5 Å². The molecule has 0 aliphatic heterocycles. The Morgan fingerprint density at radius 2 is 1.97 bits per heavy atom. The van der Waals surface area contributed by atoms with E-state index >= 15 is 0 Å². The van der Waals surface area contributed by atoms with Crippen molar-refractivity contribution >= 4 is 45.2 Å². The molecule has 0 radical (unpaired) electrons. The Labute approximate surface area is 203 Å². The molecule has 1 aromatic carbocycles. The van der Waals surface area contributed by atoms with Gasteiger partial charge in [0, 0.05) is 42.2 Å². The SMILES string of the molecule is COCCC(=O)Nc1c(C(=O)OC)n(CCc2c[nH]c3ccccc23)c2ncc(NC(C)C)cc12. The summed E-state index contributed by atoms with van der Waals surface area (Å²) >= 11 is 0. The lowest BCUT2D eigenvalue weighted by molar-refractivity contribution is -0.117. The molecule has 0 bridgehead atoms. The van der Waals surface area contributed by atoms with E-state index in [4.69, 9.17) is 9.47 Å². The van der Waals surface area contributed by atoms with E-state index < -0.39 is 5.97 Å². The molecule has 3 N–H and O–H groups in total. The van der Waals surface area contributed by atoms with Crippen LogP contribution in [0.2, 0.25) is 0 Å². The molecular weight excluding hydrogens is 446 g/mol. The minimum Gasteiger partial charge on any atom is -0.464 e. The van der Waals surface area contributed by atoms with Crippen molar-refractivity contribution in [2.45, 2.75) is 39.3 Å². The van der Waals surface area contributed by atoms with Gasteiger partial charge in [0.05, 0.1) is 37.7 Å². The van der Waals surface area contributed by atoms with E-state index in [0.717, 1.165) is 22.2 Å². The molecule has 9 nitrogen and oxygen atoms in total. The number of carbonyl (C=O) groups is 2. The van der Waals surface area contributed by atoms with Crippen molar-refractivity contribution in [3.05, 3.63) is 54.0 Å². The first-order valence-corrected chi connectivity index (χ1v) is 11.6. The highest BCUT2D eigenvalue weighted by molar-refractivity contribution is 6.11. The number of carbonyl (C=O) groups excluding carboxylic acids is 2. The maximum Gasteiger partial charge on any atom is 0.356 e. The summed E-state index contributed by atoms with van der Waals surface area (Å²) in [5.41, 5.74) is 4.24. The van der Waals surface area contributed by atoms with Crippen LogP contribution < -0.4 is 10.6 Å². The highest BCUT2D eigenvalue weighted by atomic mass is 16.5. The van der Waals surface area contributed by atoms with Gasteiger partial charge >= 0.3 is 5.97 Å². The predicted molar refractivity (Wildman–Crippen MR) is 137 cm³/mol. The maximum atomic E-state index is 13.0. The normalized spacial score (nSPS) is 11.3. The summed E-state index contributed by atoms with van der Waals surface area (Å²) in [7, 11) is 2.87. The van der Waals surface area contributed by atoms with Crippen LogP contribution in [0.3, 0.4) is 0 Å². The van der Waals surface area contributed by atoms with Gasteiger partial charge in [-0.2, -0.15) is 0 Å². The van der Waals surface area contributed by atoms with Crippen molar-refractivity contribution in [1.29, 1.82) is 0 Å². The Kier molecular flexibility index (Phi) is 7.36. The first-order valence-electron chi connectivity index (χ1n) is 11.6. The van der Waals surface area contributed by atoms with E-state index in [1.165, 1.54) is 14.2 Å². The molecule has 0 unspecified atom stereocenters. The number of aryl methyl sites for hydroxylation is 2. The summed E-state index contributed by atoms with van der Waals surface area (Å²) in [6.45, 7) is 4.81. The third-order valence-corrected chi connectivity index (χ3v) is 5.81. The molecule has 0 fully saturated rings. The highest BCUT2D eigenvalue weighted by Gasteiger charge is 2.26. The Balaban J connectivity index is 1.80. The lowest BCUT2D eigenvalue weighted by atomic mass is 10.1. The van der Waals surface area contributed by atoms with E-state index in [1.54, 1.807) is 6.20 Å². The number of aromatic nitrogens is 3. The molecule has 184 valence electrons. The second-order valence-electron chi connectivity index (χ2n) is 8.66. The van der Waals surface area contributed by atoms with Crippen LogP contribution >= 0.6 is 0 Å². The monoisotopic (exact) mass is 477 g/mol. The van der Waals surface area contributed by atoms with Gasteiger partial charge in [0.25, 0.3) is 0 Å². The highest BCUT2D eigenvalue weighted by Crippen LogP contribution is 2.33. The van der Waals surface area contributed by atoms with E-state index in [1.807, 2.05) is 48.9 Å². The third kappa shape index (κ3) is 5.14. The van der Waals surface area contributed by atoms with Crippen LogP contribution in [-0.2, 0) is 27.2 Å². The minimum absolute atomic E-state index is 0.163. The van der Waals surface area contributed by atoms with Gasteiger partial charge in [-0.25, -0.2) is 9.78 Å². The number of pyridine rings is 1. The zero-order valence-corrected chi connectivity index (χ0v) is 20.5. The van der Waals surface area contributed by atoms with Crippen LogP contribution in [0.4, 0.5) is 11.4 Å². The molecule has 3 heterocycles. The van der Waals surface area contributed by atoms with Crippen molar-refractivity contribution < 1.29 is 19.1 Å². The van der Waals surface area contributed by atoms with Gasteiger partial charge in [-0.15, -0.1) is 0 Å². The molecule has 9 heteroatoms. The van der Waals surface area contributed by atoms with E-state index in [0.29, 0.717) is 29.7 Å². The number of aromatic amines is 1. The van der Waals surface area contributed by atoms with Gasteiger partial charge in [0.1, 0.15) is 5.65 Å². The number of benzene rings is 1. The van der Waals surface area contributed by atoms with E-state index in [9.17, 15) is 9.59 Å². The molecule has 4 rings (SSSR count). The van der Waals surface area contributed by atoms with E-state index in [-0.39, 0.29) is 30.7 Å². The standard InChI is InChI=1S/C26H31N5O4/c1-16(2)29-18-13-20-23(30-22(32)10-12-34-3)24(26(33)35-4)31(25(20)28-15-18)11-9-17-14-27-21-8-6-5-7-19(17)21/h5-8,13-16,27,29H,9-12H2,1-4H3,(H,30,32). The molecule has 0 aliphatic rings. The number of esters is 1. The number of anilines is 2. The Morgan fingerprint density at radius 1 is 1.17 bits per heavy atom. The number of nitrogens with zero attached hydrogens (tertiary/aromatic N) is 2. The first kappa shape index (κ1) is 24.3. The summed E-state index contributed by atoms with van der Waals surface area (Å²) < 4.78 is 12.0. The zero-order chi connectivity index (χ0) is 24.9. The molecular formula is C26H31N5O4. The molecule has 3 aromatic heterocycles. The summed E-state index contributed by atoms with van der Waals surface area (Å²) in [4.78, 5) is 33.6. The molecule has 0 aliphatic carbocycles. The van der Waals surface area contributed by atoms with Crippen LogP contribution in [0.1, 0.15) is 36.3 Å². The van der Waals surface area contributed by atoms with Crippen molar-refractivity contribution in [3.8, 4) is 0 Å². The lowest BCUT2D eigenvalue weighted by Crippen LogP contribution is -2.18. The fourth-order valence-electron chi connectivity index (χ4n) is 4.26. The van der Waals surface area contributed by atoms with Gasteiger partial charge in [-0.05, 0) is 38.0 Å². The number of nitrogens with one attached hydrogen (secondary N) is 3. The maximum absolute atomic E-state index is 13.0. The minimum atomic E-state index is -0.540. The fraction of sp³-hybridized carbons (Fsp3) is 0.346. The van der Waals surface area contributed by atoms with Crippen LogP contribution in [0, 0.1) is 0 Å². The van der Waals surface area contributed by atoms with Crippen molar-refractivity contribution in [2.75, 3.05) is 31.5 Å². The Hall–Kier alpha value is -3.85. The number of H-pyrrole nitrogens is 1. The Bertz CT molecular complexity index is 1350. The summed E-state index contributed by atoms with van der Waals surface area (Å²) in [5.74, 6) is -0.794. The lowest BCUT2D eigenvalue weighted by Gasteiger charge is -2.11. The van der Waals surface area contributed by atoms with Gasteiger partial charge in [0.2, 0.25) is 5.91 Å². The van der Waals surface area contributed by atoms with Crippen LogP contribution in [0.15, 0.2) is 42.7 Å². The van der Waals surface area contributed by atoms with E-state index in [2.05, 4.69) is 26.7 Å². The number of hydrogen-bond donors (Lipinski definition) is 3. The number of fused-ring (bicyclic) bond motifs is 2. The number of rotatable bonds is 10. The van der Waals surface area contributed by atoms with Gasteiger partial charge in [-0.3, -0.25) is 4.79 Å². The fourth-order valence-corrected chi connectivity index (χ4v) is 4.26. The van der Waals surface area contributed by atoms with Gasteiger partial charge in [-0.1, -0.05) is 18.2 Å². The number of para-hydroxylation sites is 1. The van der Waals surface area contributed by atoms with Gasteiger partial charge in [0.15, 0.2) is 5.69 Å². The predicted octanol–water partition coefficient (Wildman–Crippen LogP) is 4.34. The molecule has 0 atom stereocenters. The quantitative estimate of drug-likeness (QED) is 0.293. The van der Waals surface area contributed by atoms with Crippen LogP contribution in [-0.4, -0.2) is 53.3 Å². The average Bonchev–Trinajstić information content (AvgIpc) is 3.39. The summed E-state index contributed by atoms with van der Waals surface area (Å²) in [6, 6.07) is 10.2. The number of methoxy groups -OCH3 is 2. The van der Waals surface area contributed by atoms with Crippen LogP contribution in [0.5, 0.6) is 0 Å². The Morgan fingerprint density at radius 3 is 2.71 bits per heavy atom. The molecule has 0 spiro atoms. The number of ether oxygens (including phenoxy) is 2. The molecule has 0 saturated heterocycles. The van der Waals surface area contributed by atoms with Crippen molar-refractivity contribution in [3.63, 3.8) is 0 Å². The summed E-state index contributed by atoms with van der Waals surface area (Å²) in [5, 5.41) is 8.05. The first-order chi connectivity index (χ1) is 16.9. The molecule has 0 saturated carbocycles. The smallest absolute Gasteiger partial charge is 0.356 e. The average molecular weight is 478 g/mol. The third-order valence-electron chi connectivity index (χ3n) is 5.81. The topological polar surface area (TPSA) is 110 Å². The molecule has 4 aromatic rings. The zero-order valence-electron chi connectivity index (χ0n) is 20.5. The largest absolute Gasteiger partial charge is 0.464 e. The molecule has 1 amide bonds. The van der Waals surface area contributed by atoms with Crippen LogP contribution in [0.25, 0.3) is 21.9 Å².